The van der Waals surface area contributed by atoms with Gasteiger partial charge >= 0.3 is 0 Å². The molecule has 4 heterocycles. The number of carbonyl (C=O) groups excluding carboxylic acids is 2. The molecule has 62 heavy (non-hydrogen) atoms. The van der Waals surface area contributed by atoms with Gasteiger partial charge in [-0.25, -0.2) is 0 Å². The van der Waals surface area contributed by atoms with Crippen molar-refractivity contribution >= 4 is 77.7 Å². The van der Waals surface area contributed by atoms with Gasteiger partial charge in [0, 0.05) is 13.1 Å². The third-order valence-corrected chi connectivity index (χ3v) is 17.7. The van der Waals surface area contributed by atoms with E-state index in [9.17, 15) is 0 Å². The van der Waals surface area contributed by atoms with E-state index in [1.54, 1.807) is 22.7 Å². The Morgan fingerprint density at radius 3 is 1.06 bits per heavy atom. The predicted octanol–water partition coefficient (Wildman–Crippen LogP) is 18.5. The normalized spacial score (nSPS) is 15.3. The maximum atomic E-state index is 15.3. The lowest BCUT2D eigenvalue weighted by Crippen LogP contribution is -2.34. The van der Waals surface area contributed by atoms with Gasteiger partial charge in [0.25, 0.3) is 11.8 Å². The molecular formula is C54H86Br2N2O2S2. The van der Waals surface area contributed by atoms with Crippen molar-refractivity contribution in [3.8, 4) is 0 Å². The van der Waals surface area contributed by atoms with Gasteiger partial charge in [-0.2, -0.15) is 0 Å². The number of carbonyl (C=O) groups is 2. The quantitative estimate of drug-likeness (QED) is 0.0638. The largest absolute Gasteiger partial charge is 0.306 e. The fourth-order valence-electron chi connectivity index (χ4n) is 9.60. The monoisotopic (exact) mass is 1020 g/mol. The molecule has 350 valence electrons. The Kier molecular flexibility index (Phi) is 26.0. The Labute approximate surface area is 405 Å². The van der Waals surface area contributed by atoms with Gasteiger partial charge in [0.05, 0.1) is 39.9 Å². The van der Waals surface area contributed by atoms with Crippen LogP contribution in [0.25, 0.3) is 11.4 Å². The molecule has 0 aromatic carbocycles. The first-order valence-corrected chi connectivity index (χ1v) is 29.2. The summed E-state index contributed by atoms with van der Waals surface area (Å²) in [6.07, 6.45) is 37.3. The molecule has 2 aromatic rings. The molecule has 0 aliphatic carbocycles. The van der Waals surface area contributed by atoms with Gasteiger partial charge in [0.15, 0.2) is 0 Å². The summed E-state index contributed by atoms with van der Waals surface area (Å²) in [7, 11) is 0. The van der Waals surface area contributed by atoms with Crippen LogP contribution in [0.1, 0.15) is 242 Å². The van der Waals surface area contributed by atoms with Crippen molar-refractivity contribution in [3.05, 3.63) is 51.7 Å². The lowest BCUT2D eigenvalue weighted by atomic mass is 9.98. The second-order valence-electron chi connectivity index (χ2n) is 18.8. The van der Waals surface area contributed by atoms with Crippen molar-refractivity contribution in [2.75, 3.05) is 13.1 Å². The predicted molar refractivity (Wildman–Crippen MR) is 279 cm³/mol. The Morgan fingerprint density at radius 2 is 0.758 bits per heavy atom. The Balaban J connectivity index is 1.64. The van der Waals surface area contributed by atoms with E-state index in [1.807, 2.05) is 9.80 Å². The highest BCUT2D eigenvalue weighted by atomic mass is 79.9. The van der Waals surface area contributed by atoms with Crippen molar-refractivity contribution < 1.29 is 9.59 Å². The number of hydrogen-bond acceptors (Lipinski definition) is 4. The maximum absolute atomic E-state index is 15.3. The van der Waals surface area contributed by atoms with E-state index in [2.05, 4.69) is 85.5 Å². The van der Waals surface area contributed by atoms with Crippen molar-refractivity contribution in [1.82, 2.24) is 9.80 Å². The molecule has 2 unspecified atom stereocenters. The first-order chi connectivity index (χ1) is 30.2. The topological polar surface area (TPSA) is 40.6 Å². The second-order valence-corrected chi connectivity index (χ2v) is 23.5. The average Bonchev–Trinajstić information content (AvgIpc) is 3.99. The van der Waals surface area contributed by atoms with Crippen LogP contribution in [0.15, 0.2) is 30.9 Å². The Bertz CT molecular complexity index is 1570. The van der Waals surface area contributed by atoms with E-state index in [-0.39, 0.29) is 11.8 Å². The van der Waals surface area contributed by atoms with Crippen molar-refractivity contribution in [2.45, 2.75) is 234 Å². The highest BCUT2D eigenvalue weighted by Gasteiger charge is 2.50. The summed E-state index contributed by atoms with van der Waals surface area (Å²) in [5, 5.41) is 0. The van der Waals surface area contributed by atoms with E-state index in [1.165, 1.54) is 140 Å². The molecule has 2 amide bonds. The molecule has 2 aliphatic rings. The molecule has 2 aliphatic heterocycles. The molecule has 0 saturated carbocycles. The number of amides is 2. The maximum Gasteiger partial charge on any atom is 0.261 e. The minimum atomic E-state index is 0.0268. The first-order valence-electron chi connectivity index (χ1n) is 25.9. The van der Waals surface area contributed by atoms with Gasteiger partial charge in [-0.1, -0.05) is 196 Å². The van der Waals surface area contributed by atoms with Crippen LogP contribution in [-0.4, -0.2) is 34.7 Å². The zero-order valence-electron chi connectivity index (χ0n) is 40.2. The zero-order valence-corrected chi connectivity index (χ0v) is 45.0. The van der Waals surface area contributed by atoms with E-state index in [4.69, 9.17) is 0 Å². The Hall–Kier alpha value is -1.22. The summed E-state index contributed by atoms with van der Waals surface area (Å²) in [5.41, 5.74) is 5.67. The molecule has 0 bridgehead atoms. The van der Waals surface area contributed by atoms with E-state index < -0.39 is 0 Å². The summed E-state index contributed by atoms with van der Waals surface area (Å²) < 4.78 is 2.29. The van der Waals surface area contributed by atoms with Crippen LogP contribution >= 0.6 is 54.5 Å². The number of nitrogens with zero attached hydrogens (tertiary/aromatic N) is 2. The average molecular weight is 1020 g/mol. The van der Waals surface area contributed by atoms with Crippen LogP contribution in [0.3, 0.4) is 0 Å². The molecule has 0 N–H and O–H groups in total. The van der Waals surface area contributed by atoms with Gasteiger partial charge in [-0.05, 0) is 105 Å². The molecule has 4 rings (SSSR count). The van der Waals surface area contributed by atoms with Crippen LogP contribution in [0.2, 0.25) is 0 Å². The summed E-state index contributed by atoms with van der Waals surface area (Å²) in [4.78, 5) is 36.7. The van der Waals surface area contributed by atoms with Crippen molar-refractivity contribution in [3.63, 3.8) is 0 Å². The van der Waals surface area contributed by atoms with Gasteiger partial charge in [0.2, 0.25) is 0 Å². The third kappa shape index (κ3) is 16.0. The summed E-state index contributed by atoms with van der Waals surface area (Å²) in [6.45, 7) is 14.9. The zero-order chi connectivity index (χ0) is 44.7. The molecule has 0 radical (unpaired) electrons. The number of thiophene rings is 2. The molecular weight excluding hydrogens is 933 g/mol. The van der Waals surface area contributed by atoms with Gasteiger partial charge in [-0.3, -0.25) is 9.59 Å². The first kappa shape index (κ1) is 53.4. The molecule has 2 aromatic heterocycles. The summed E-state index contributed by atoms with van der Waals surface area (Å²) in [5.74, 6) is 0.832. The van der Waals surface area contributed by atoms with E-state index >= 15 is 9.59 Å². The van der Waals surface area contributed by atoms with Crippen molar-refractivity contribution in [1.29, 1.82) is 0 Å². The number of unbranched alkanes of at least 4 members (excludes halogenated alkanes) is 20. The molecule has 2 atom stereocenters. The van der Waals surface area contributed by atoms with Crippen molar-refractivity contribution in [2.24, 2.45) is 11.8 Å². The summed E-state index contributed by atoms with van der Waals surface area (Å²) >= 11 is 11.4. The van der Waals surface area contributed by atoms with Crippen LogP contribution < -0.4 is 0 Å². The highest BCUT2D eigenvalue weighted by Crippen LogP contribution is 2.51. The highest BCUT2D eigenvalue weighted by molar-refractivity contribution is 9.11. The van der Waals surface area contributed by atoms with E-state index in [0.717, 1.165) is 92.9 Å². The minimum Gasteiger partial charge on any atom is -0.306 e. The van der Waals surface area contributed by atoms with Gasteiger partial charge in [0.1, 0.15) is 0 Å². The summed E-state index contributed by atoms with van der Waals surface area (Å²) in [6, 6.07) is 4.64. The lowest BCUT2D eigenvalue weighted by molar-refractivity contribution is -0.124. The van der Waals surface area contributed by atoms with Crippen LogP contribution in [0, 0.1) is 11.8 Å². The number of aryl methyl sites for hydroxylation is 2. The van der Waals surface area contributed by atoms with Crippen LogP contribution in [0.5, 0.6) is 0 Å². The van der Waals surface area contributed by atoms with Gasteiger partial charge in [-0.15, -0.1) is 22.7 Å². The fourth-order valence-corrected chi connectivity index (χ4v) is 13.3. The minimum absolute atomic E-state index is 0.0268. The second kappa shape index (κ2) is 30.1. The third-order valence-electron chi connectivity index (χ3n) is 13.7. The number of fused-ring (bicyclic) bond motifs is 1. The number of rotatable bonds is 36. The molecule has 0 spiro atoms. The number of hydrogen-bond donors (Lipinski definition) is 0. The lowest BCUT2D eigenvalue weighted by Gasteiger charge is -2.29. The molecule has 4 nitrogen and oxygen atoms in total. The van der Waals surface area contributed by atoms with E-state index in [0.29, 0.717) is 36.1 Å². The smallest absolute Gasteiger partial charge is 0.261 e. The molecule has 0 fully saturated rings. The fraction of sp³-hybridized carbons (Fsp3) is 0.741. The van der Waals surface area contributed by atoms with Gasteiger partial charge < -0.3 is 9.80 Å². The standard InChI is InChI=1S/C54H86Br2N2O2S2/c1-7-13-17-19-21-23-25-27-29-31-35-43-37-45(61-51(43)55)49-47-48(54(60)57(49)39-41(11-5)33-15-9-3)50(58(53(47)59)40-42(12-6)34-16-10-4)46-38-44(52(56)62-46)36-32-30-28-26-24-22-20-18-14-8-2/h37-38,41-42H,7-36,39-40H2,1-6H3. The molecule has 8 heteroatoms. The SMILES string of the molecule is CCCCCCCCCCCCc1cc(C2=C3C(=O)N(CC(CC)CCCC)C(c4cc(CCCCCCCCCCCC)c(Br)s4)=C3C(=O)N2CC(CC)CCCC)sc1Br. The number of halogens is 2. The van der Waals surface area contributed by atoms with Crippen LogP contribution in [0.4, 0.5) is 0 Å². The van der Waals surface area contributed by atoms with Crippen LogP contribution in [-0.2, 0) is 22.4 Å². The Morgan fingerprint density at radius 1 is 0.452 bits per heavy atom. The molecule has 0 saturated heterocycles.